The van der Waals surface area contributed by atoms with Crippen molar-refractivity contribution in [1.82, 2.24) is 4.90 Å². The number of carbonyl (C=O) groups excluding carboxylic acids is 1. The van der Waals surface area contributed by atoms with Crippen LogP contribution in [0.1, 0.15) is 6.92 Å². The van der Waals surface area contributed by atoms with E-state index in [0.29, 0.717) is 26.2 Å². The van der Waals surface area contributed by atoms with E-state index in [1.165, 1.54) is 6.92 Å². The first kappa shape index (κ1) is 22.8. The molecule has 0 bridgehead atoms. The first-order valence-corrected chi connectivity index (χ1v) is 11.6. The lowest BCUT2D eigenvalue weighted by Crippen LogP contribution is -2.55. The van der Waals surface area contributed by atoms with Crippen LogP contribution in [-0.2, 0) is 14.8 Å². The first-order valence-electron chi connectivity index (χ1n) is 9.74. The fraction of sp³-hybridized carbons (Fsp3) is 0.381. The summed E-state index contributed by atoms with van der Waals surface area (Å²) in [4.78, 5) is 16.8. The largest absolute Gasteiger partial charge is 0.495 e. The summed E-state index contributed by atoms with van der Waals surface area (Å²) in [6.45, 7) is 3.30. The number of methoxy groups -OCH3 is 1. The average molecular weight is 454 g/mol. The number of piperazine rings is 1. The van der Waals surface area contributed by atoms with Crippen molar-refractivity contribution in [3.8, 4) is 5.75 Å². The van der Waals surface area contributed by atoms with Crippen LogP contribution in [0.15, 0.2) is 42.5 Å². The fourth-order valence-electron chi connectivity index (χ4n) is 3.75. The lowest BCUT2D eigenvalue weighted by molar-refractivity contribution is -0.132. The summed E-state index contributed by atoms with van der Waals surface area (Å²) in [5.41, 5.74) is 0.819. The Bertz CT molecular complexity index is 1060. The van der Waals surface area contributed by atoms with Gasteiger partial charge in [-0.05, 0) is 31.2 Å². The smallest absolute Gasteiger partial charge is 0.246 e. The van der Waals surface area contributed by atoms with Crippen molar-refractivity contribution in [1.29, 1.82) is 0 Å². The van der Waals surface area contributed by atoms with E-state index in [1.807, 2.05) is 24.3 Å². The second-order valence-corrected chi connectivity index (χ2v) is 9.18. The minimum absolute atomic E-state index is 0.102. The quantitative estimate of drug-likeness (QED) is 0.672. The molecule has 1 aliphatic heterocycles. The highest BCUT2D eigenvalue weighted by atomic mass is 32.2. The van der Waals surface area contributed by atoms with E-state index in [9.17, 15) is 22.0 Å². The van der Waals surface area contributed by atoms with Crippen molar-refractivity contribution in [2.45, 2.75) is 13.0 Å². The van der Waals surface area contributed by atoms with E-state index >= 15 is 0 Å². The molecule has 0 saturated carbocycles. The zero-order chi connectivity index (χ0) is 22.8. The van der Waals surface area contributed by atoms with Crippen molar-refractivity contribution >= 4 is 27.3 Å². The number of halogens is 2. The van der Waals surface area contributed by atoms with E-state index in [0.717, 1.165) is 40.2 Å². The zero-order valence-electron chi connectivity index (χ0n) is 17.6. The number of anilines is 2. The van der Waals surface area contributed by atoms with Gasteiger partial charge in [-0.2, -0.15) is 0 Å². The van der Waals surface area contributed by atoms with Gasteiger partial charge >= 0.3 is 0 Å². The number of ether oxygens (including phenoxy) is 1. The minimum Gasteiger partial charge on any atom is -0.495 e. The molecule has 1 aliphatic rings. The van der Waals surface area contributed by atoms with Gasteiger partial charge in [0.2, 0.25) is 15.9 Å². The molecule has 0 unspecified atom stereocenters. The van der Waals surface area contributed by atoms with Crippen LogP contribution in [0, 0.1) is 11.6 Å². The Balaban J connectivity index is 1.76. The summed E-state index contributed by atoms with van der Waals surface area (Å²) in [7, 11) is -2.33. The monoisotopic (exact) mass is 453 g/mol. The third kappa shape index (κ3) is 4.90. The van der Waals surface area contributed by atoms with Gasteiger partial charge in [0.15, 0.2) is 11.6 Å². The average Bonchev–Trinajstić information content (AvgIpc) is 2.75. The highest BCUT2D eigenvalue weighted by molar-refractivity contribution is 7.92. The Morgan fingerprint density at radius 1 is 1.06 bits per heavy atom. The highest BCUT2D eigenvalue weighted by Gasteiger charge is 2.34. The summed E-state index contributed by atoms with van der Waals surface area (Å²) in [5.74, 6) is -1.95. The molecule has 1 saturated heterocycles. The second-order valence-electron chi connectivity index (χ2n) is 7.32. The van der Waals surface area contributed by atoms with Gasteiger partial charge in [-0.15, -0.1) is 0 Å². The Morgan fingerprint density at radius 2 is 1.71 bits per heavy atom. The van der Waals surface area contributed by atoms with Crippen LogP contribution in [0.3, 0.4) is 0 Å². The Morgan fingerprint density at radius 3 is 2.29 bits per heavy atom. The lowest BCUT2D eigenvalue weighted by Gasteiger charge is -2.39. The van der Waals surface area contributed by atoms with Crippen LogP contribution in [0.5, 0.6) is 5.75 Å². The molecule has 0 radical (unpaired) electrons. The molecule has 0 spiro atoms. The predicted octanol–water partition coefficient (Wildman–Crippen LogP) is 2.48. The molecule has 10 heteroatoms. The molecule has 0 aliphatic carbocycles. The number of sulfonamides is 1. The van der Waals surface area contributed by atoms with Crippen LogP contribution in [0.4, 0.5) is 20.2 Å². The van der Waals surface area contributed by atoms with E-state index < -0.39 is 33.6 Å². The van der Waals surface area contributed by atoms with Gasteiger partial charge in [0, 0.05) is 32.2 Å². The highest BCUT2D eigenvalue weighted by Crippen LogP contribution is 2.29. The van der Waals surface area contributed by atoms with E-state index in [2.05, 4.69) is 4.90 Å². The first-order chi connectivity index (χ1) is 14.6. The van der Waals surface area contributed by atoms with Gasteiger partial charge in [-0.3, -0.25) is 9.10 Å². The molecule has 1 amide bonds. The van der Waals surface area contributed by atoms with Crippen molar-refractivity contribution in [3.63, 3.8) is 0 Å². The van der Waals surface area contributed by atoms with Gasteiger partial charge < -0.3 is 14.5 Å². The van der Waals surface area contributed by atoms with Crippen LogP contribution < -0.4 is 13.9 Å². The molecular weight excluding hydrogens is 428 g/mol. The molecule has 1 fully saturated rings. The number of hydrogen-bond donors (Lipinski definition) is 0. The minimum atomic E-state index is -3.92. The van der Waals surface area contributed by atoms with Crippen molar-refractivity contribution in [2.75, 3.05) is 48.7 Å². The number of amides is 1. The maximum atomic E-state index is 13.7. The van der Waals surface area contributed by atoms with E-state index in [4.69, 9.17) is 4.74 Å². The molecule has 1 atom stereocenters. The molecule has 0 aromatic heterocycles. The lowest BCUT2D eigenvalue weighted by atomic mass is 10.2. The predicted molar refractivity (Wildman–Crippen MR) is 115 cm³/mol. The SMILES string of the molecule is COc1ccccc1N1CCN(C(=O)[C@@H](C)N(c2ccc(F)c(F)c2)S(C)(=O)=O)CC1. The number of hydrogen-bond acceptors (Lipinski definition) is 5. The molecule has 7 nitrogen and oxygen atoms in total. The fourth-order valence-corrected chi connectivity index (χ4v) is 4.91. The third-order valence-corrected chi connectivity index (χ3v) is 6.48. The molecule has 2 aromatic carbocycles. The summed E-state index contributed by atoms with van der Waals surface area (Å²) in [6, 6.07) is 9.23. The van der Waals surface area contributed by atoms with Crippen LogP contribution in [-0.4, -0.2) is 64.8 Å². The van der Waals surface area contributed by atoms with Crippen molar-refractivity contribution in [3.05, 3.63) is 54.1 Å². The van der Waals surface area contributed by atoms with Crippen molar-refractivity contribution < 1.29 is 26.7 Å². The molecule has 1 heterocycles. The molecule has 168 valence electrons. The normalized spacial score (nSPS) is 15.5. The molecular formula is C21H25F2N3O4S. The standard InChI is InChI=1S/C21H25F2N3O4S/c1-15(26(31(3,28)29)16-8-9-17(22)18(23)14-16)21(27)25-12-10-24(11-13-25)19-6-4-5-7-20(19)30-2/h4-9,14-15H,10-13H2,1-3H3/t15-/m1/s1. The van der Waals surface area contributed by atoms with Gasteiger partial charge in [0.1, 0.15) is 11.8 Å². The Labute approximate surface area is 180 Å². The molecule has 2 aromatic rings. The number of carbonyl (C=O) groups is 1. The van der Waals surface area contributed by atoms with Gasteiger partial charge in [0.05, 0.1) is 24.7 Å². The summed E-state index contributed by atoms with van der Waals surface area (Å²) >= 11 is 0. The number of rotatable bonds is 6. The van der Waals surface area contributed by atoms with E-state index in [1.54, 1.807) is 12.0 Å². The molecule has 3 rings (SSSR count). The number of nitrogens with zero attached hydrogens (tertiary/aromatic N) is 3. The number of para-hydroxylation sites is 2. The van der Waals surface area contributed by atoms with Crippen LogP contribution in [0.2, 0.25) is 0 Å². The second kappa shape index (κ2) is 9.09. The van der Waals surface area contributed by atoms with Gasteiger partial charge in [0.25, 0.3) is 0 Å². The molecule has 31 heavy (non-hydrogen) atoms. The van der Waals surface area contributed by atoms with E-state index in [-0.39, 0.29) is 5.69 Å². The maximum absolute atomic E-state index is 13.7. The van der Waals surface area contributed by atoms with Gasteiger partial charge in [-0.1, -0.05) is 12.1 Å². The summed E-state index contributed by atoms with van der Waals surface area (Å²) in [5, 5.41) is 0. The Kier molecular flexibility index (Phi) is 6.68. The van der Waals surface area contributed by atoms with Crippen LogP contribution >= 0.6 is 0 Å². The number of benzene rings is 2. The van der Waals surface area contributed by atoms with Crippen molar-refractivity contribution in [2.24, 2.45) is 0 Å². The third-order valence-electron chi connectivity index (χ3n) is 5.24. The summed E-state index contributed by atoms with van der Waals surface area (Å²) in [6.07, 6.45) is 0.928. The summed E-state index contributed by atoms with van der Waals surface area (Å²) < 4.78 is 58.0. The Hall–Kier alpha value is -2.88. The van der Waals surface area contributed by atoms with Crippen LogP contribution in [0.25, 0.3) is 0 Å². The van der Waals surface area contributed by atoms with Gasteiger partial charge in [-0.25, -0.2) is 17.2 Å². The molecule has 0 N–H and O–H groups in total. The zero-order valence-corrected chi connectivity index (χ0v) is 18.4. The maximum Gasteiger partial charge on any atom is 0.246 e. The topological polar surface area (TPSA) is 70.2 Å².